The number of hydrogen-bond acceptors (Lipinski definition) is 5. The van der Waals surface area contributed by atoms with E-state index in [9.17, 15) is 0 Å². The Labute approximate surface area is 242 Å². The first kappa shape index (κ1) is 31.8. The maximum absolute atomic E-state index is 8.49. The van der Waals surface area contributed by atoms with Crippen LogP contribution in [0.5, 0.6) is 0 Å². The molecule has 7 heteroatoms. The molecule has 0 aliphatic carbocycles. The molecule has 0 unspecified atom stereocenters. The molecule has 2 aromatic carbocycles. The summed E-state index contributed by atoms with van der Waals surface area (Å²) in [5, 5.41) is 0. The average Bonchev–Trinajstić information content (AvgIpc) is 3.24. The number of halogens is 1. The van der Waals surface area contributed by atoms with E-state index in [-0.39, 0.29) is 10.8 Å². The molecule has 2 aliphatic heterocycles. The third kappa shape index (κ3) is 7.31. The van der Waals surface area contributed by atoms with Crippen molar-refractivity contribution >= 4 is 17.1 Å². The molecule has 0 atom stereocenters. The van der Waals surface area contributed by atoms with Crippen LogP contribution in [0.1, 0.15) is 78.4 Å². The number of hydrogen-bond donors (Lipinski definition) is 0. The zero-order chi connectivity index (χ0) is 29.6. The highest BCUT2D eigenvalue weighted by atomic mass is 35.7. The fourth-order valence-corrected chi connectivity index (χ4v) is 5.75. The zero-order valence-electron chi connectivity index (χ0n) is 24.7. The molecule has 0 radical (unpaired) electrons. The van der Waals surface area contributed by atoms with Crippen LogP contribution in [0.25, 0.3) is 0 Å². The molecule has 0 saturated carbocycles. The van der Waals surface area contributed by atoms with Crippen LogP contribution in [0.15, 0.2) is 84.6 Å². The average molecular weight is 567 g/mol. The fourth-order valence-electron chi connectivity index (χ4n) is 5.75. The first-order valence-electron chi connectivity index (χ1n) is 14.1. The van der Waals surface area contributed by atoms with E-state index in [1.807, 2.05) is 0 Å². The van der Waals surface area contributed by atoms with Crippen LogP contribution in [-0.2, 0) is 10.8 Å². The lowest BCUT2D eigenvalue weighted by Gasteiger charge is -2.27. The molecule has 0 fully saturated rings. The molecular weight excluding hydrogens is 524 g/mol. The smallest absolute Gasteiger partial charge is 0.209 e. The van der Waals surface area contributed by atoms with Crippen molar-refractivity contribution in [3.05, 3.63) is 95.7 Å². The zero-order valence-corrected chi connectivity index (χ0v) is 25.4. The van der Waals surface area contributed by atoms with Gasteiger partial charge in [-0.05, 0) is 38.0 Å². The Balaban J connectivity index is 0.000000810. The van der Waals surface area contributed by atoms with E-state index >= 15 is 0 Å². The molecule has 0 N–H and O–H groups in total. The van der Waals surface area contributed by atoms with Crippen molar-refractivity contribution in [3.8, 4) is 0 Å². The largest absolute Gasteiger partial charge is 0.344 e. The molecule has 4 rings (SSSR count). The van der Waals surface area contributed by atoms with Gasteiger partial charge in [0.1, 0.15) is 6.54 Å². The van der Waals surface area contributed by atoms with Crippen molar-refractivity contribution in [1.29, 1.82) is 0 Å². The standard InChI is InChI=1S/C33H43N2.ClHO4/c1-7-9-24-34-28-20-16-14-18-26(28)32(3,4)30(34)22-12-11-13-23-31-33(5,6)27-19-15-17-21-29(27)35(31)25-10-8-2;2-1(3,4)5/h11-23H,7-10,24-25H2,1-6H3;(H,2,3,4,5)/q+1;/p-1. The van der Waals surface area contributed by atoms with E-state index in [1.54, 1.807) is 0 Å². The highest BCUT2D eigenvalue weighted by molar-refractivity contribution is 6.03. The molecule has 2 aliphatic rings. The summed E-state index contributed by atoms with van der Waals surface area (Å²) in [6.07, 6.45) is 16.1. The quantitative estimate of drug-likeness (QED) is 0.340. The van der Waals surface area contributed by atoms with Gasteiger partial charge >= 0.3 is 0 Å². The first-order chi connectivity index (χ1) is 18.8. The van der Waals surface area contributed by atoms with Crippen LogP contribution >= 0.6 is 0 Å². The summed E-state index contributed by atoms with van der Waals surface area (Å²) in [5.74, 6) is 0. The van der Waals surface area contributed by atoms with Crippen molar-refractivity contribution in [2.75, 3.05) is 18.0 Å². The second-order valence-corrected chi connectivity index (χ2v) is 12.1. The monoisotopic (exact) mass is 566 g/mol. The number of anilines is 1. The van der Waals surface area contributed by atoms with E-state index in [1.165, 1.54) is 59.6 Å². The molecule has 2 heterocycles. The van der Waals surface area contributed by atoms with Gasteiger partial charge in [0, 0.05) is 47.5 Å². The van der Waals surface area contributed by atoms with Crippen LogP contribution < -0.4 is 23.5 Å². The lowest BCUT2D eigenvalue weighted by molar-refractivity contribution is -2.00. The van der Waals surface area contributed by atoms with Gasteiger partial charge in [0.2, 0.25) is 5.69 Å². The Bertz CT molecular complexity index is 1280. The summed E-state index contributed by atoms with van der Waals surface area (Å²) in [6.45, 7) is 16.1. The minimum Gasteiger partial charge on any atom is -0.344 e. The van der Waals surface area contributed by atoms with Gasteiger partial charge in [-0.15, -0.1) is 10.2 Å². The minimum atomic E-state index is -4.94. The van der Waals surface area contributed by atoms with E-state index in [0.717, 1.165) is 13.1 Å². The Morgan fingerprint density at radius 3 is 2.02 bits per heavy atom. The first-order valence-corrected chi connectivity index (χ1v) is 15.4. The van der Waals surface area contributed by atoms with Gasteiger partial charge in [0.25, 0.3) is 0 Å². The predicted octanol–water partition coefficient (Wildman–Crippen LogP) is 3.70. The third-order valence-corrected chi connectivity index (χ3v) is 7.80. The molecule has 2 aromatic rings. The Morgan fingerprint density at radius 1 is 0.775 bits per heavy atom. The Morgan fingerprint density at radius 2 is 1.38 bits per heavy atom. The topological polar surface area (TPSA) is 98.5 Å². The SMILES string of the molecule is CCCCN1C(=CC=CC=CC2=[N+](CCCC)c3ccccc3C2(C)C)C(C)(C)c2ccccc21.[O-][Cl+3]([O-])([O-])[O-]. The number of unbranched alkanes of at least 4 members (excludes halogenated alkanes) is 2. The Kier molecular flexibility index (Phi) is 10.6. The Hall–Kier alpha value is -2.74. The summed E-state index contributed by atoms with van der Waals surface area (Å²) < 4.78 is 36.5. The van der Waals surface area contributed by atoms with Gasteiger partial charge in [-0.3, -0.25) is 0 Å². The second-order valence-electron chi connectivity index (χ2n) is 11.4. The molecule has 0 bridgehead atoms. The number of para-hydroxylation sites is 2. The van der Waals surface area contributed by atoms with E-state index in [2.05, 4.69) is 130 Å². The molecule has 0 spiro atoms. The maximum Gasteiger partial charge on any atom is 0.209 e. The maximum atomic E-state index is 8.49. The van der Waals surface area contributed by atoms with E-state index < -0.39 is 10.2 Å². The number of fused-ring (bicyclic) bond motifs is 2. The number of rotatable bonds is 9. The van der Waals surface area contributed by atoms with Crippen LogP contribution in [0.4, 0.5) is 11.4 Å². The molecule has 40 heavy (non-hydrogen) atoms. The molecule has 6 nitrogen and oxygen atoms in total. The number of allylic oxidation sites excluding steroid dienone is 6. The van der Waals surface area contributed by atoms with Crippen LogP contribution in [0.3, 0.4) is 0 Å². The lowest BCUT2D eigenvalue weighted by atomic mass is 9.81. The summed E-state index contributed by atoms with van der Waals surface area (Å²) in [4.78, 5) is 2.53. The summed E-state index contributed by atoms with van der Waals surface area (Å²) in [5.41, 5.74) is 8.41. The highest BCUT2D eigenvalue weighted by Gasteiger charge is 2.43. The van der Waals surface area contributed by atoms with Gasteiger partial charge < -0.3 is 4.90 Å². The molecular formula is C33H43ClN2O4. The van der Waals surface area contributed by atoms with Crippen molar-refractivity contribution in [1.82, 2.24) is 0 Å². The van der Waals surface area contributed by atoms with Gasteiger partial charge in [-0.25, -0.2) is 18.6 Å². The molecule has 0 saturated heterocycles. The minimum absolute atomic E-state index is 0.0131. The van der Waals surface area contributed by atoms with Gasteiger partial charge in [-0.2, -0.15) is 4.58 Å². The number of nitrogens with zero attached hydrogens (tertiary/aromatic N) is 2. The normalized spacial score (nSPS) is 18.4. The summed E-state index contributed by atoms with van der Waals surface area (Å²) in [6, 6.07) is 17.8. The van der Waals surface area contributed by atoms with Crippen LogP contribution in [0, 0.1) is 10.2 Å². The fraction of sp³-hybridized carbons (Fsp3) is 0.424. The van der Waals surface area contributed by atoms with Crippen molar-refractivity contribution in [3.63, 3.8) is 0 Å². The van der Waals surface area contributed by atoms with Crippen molar-refractivity contribution in [2.24, 2.45) is 0 Å². The van der Waals surface area contributed by atoms with Crippen LogP contribution in [-0.4, -0.2) is 23.4 Å². The summed E-state index contributed by atoms with van der Waals surface area (Å²) >= 11 is 0. The number of benzene rings is 2. The predicted molar refractivity (Wildman–Crippen MR) is 152 cm³/mol. The van der Waals surface area contributed by atoms with Crippen molar-refractivity contribution in [2.45, 2.75) is 78.1 Å². The molecule has 0 amide bonds. The summed E-state index contributed by atoms with van der Waals surface area (Å²) in [7, 11) is -4.94. The van der Waals surface area contributed by atoms with Crippen molar-refractivity contribution < 1.29 is 33.5 Å². The third-order valence-electron chi connectivity index (χ3n) is 7.80. The van der Waals surface area contributed by atoms with E-state index in [4.69, 9.17) is 18.6 Å². The van der Waals surface area contributed by atoms with Gasteiger partial charge in [0.15, 0.2) is 5.71 Å². The van der Waals surface area contributed by atoms with Gasteiger partial charge in [0.05, 0.1) is 5.41 Å². The second kappa shape index (κ2) is 13.3. The lowest BCUT2D eigenvalue weighted by Crippen LogP contribution is -2.68. The highest BCUT2D eigenvalue weighted by Crippen LogP contribution is 2.47. The van der Waals surface area contributed by atoms with Gasteiger partial charge in [-0.1, -0.05) is 95.2 Å². The molecule has 0 aromatic heterocycles. The molecule has 216 valence electrons. The van der Waals surface area contributed by atoms with E-state index in [0.29, 0.717) is 0 Å². The van der Waals surface area contributed by atoms with Crippen LogP contribution in [0.2, 0.25) is 0 Å².